The van der Waals surface area contributed by atoms with E-state index in [1.807, 2.05) is 32.0 Å². The van der Waals surface area contributed by atoms with Crippen LogP contribution in [0, 0.1) is 0 Å². The lowest BCUT2D eigenvalue weighted by Gasteiger charge is -2.49. The molecule has 184 valence electrons. The van der Waals surface area contributed by atoms with Crippen LogP contribution in [0.3, 0.4) is 0 Å². The lowest BCUT2D eigenvalue weighted by molar-refractivity contribution is -0.181. The molecule has 2 saturated heterocycles. The SMILES string of the molecule is CC(C)Oc1ccc(C(=O)N2CCC3(CC2)CN(CC(F)F)CC(c2ccccn2)O3)cc1Cl. The van der Waals surface area contributed by atoms with Crippen molar-refractivity contribution in [1.29, 1.82) is 0 Å². The molecular formula is C25H30ClF2N3O3. The first-order chi connectivity index (χ1) is 16.2. The summed E-state index contributed by atoms with van der Waals surface area (Å²) in [5.41, 5.74) is 0.628. The molecule has 6 nitrogen and oxygen atoms in total. The van der Waals surface area contributed by atoms with Crippen molar-refractivity contribution in [2.45, 2.75) is 50.9 Å². The van der Waals surface area contributed by atoms with E-state index in [0.717, 1.165) is 5.69 Å². The minimum atomic E-state index is -2.42. The van der Waals surface area contributed by atoms with Gasteiger partial charge in [0.05, 0.1) is 29.0 Å². The highest BCUT2D eigenvalue weighted by molar-refractivity contribution is 6.32. The molecule has 1 amide bonds. The molecule has 1 spiro atoms. The third-order valence-corrected chi connectivity index (χ3v) is 6.54. The van der Waals surface area contributed by atoms with Gasteiger partial charge in [-0.15, -0.1) is 0 Å². The maximum absolute atomic E-state index is 13.2. The zero-order valence-electron chi connectivity index (χ0n) is 19.4. The molecule has 2 aliphatic heterocycles. The molecule has 1 aromatic carbocycles. The molecule has 3 heterocycles. The van der Waals surface area contributed by atoms with Crippen LogP contribution in [0.2, 0.25) is 5.02 Å². The fourth-order valence-corrected chi connectivity index (χ4v) is 4.92. The van der Waals surface area contributed by atoms with Crippen LogP contribution in [-0.2, 0) is 4.74 Å². The first kappa shape index (κ1) is 24.8. The number of carbonyl (C=O) groups excluding carboxylic acids is 1. The van der Waals surface area contributed by atoms with Crippen molar-refractivity contribution in [3.05, 3.63) is 58.9 Å². The highest BCUT2D eigenvalue weighted by Gasteiger charge is 2.44. The molecule has 1 aromatic heterocycles. The van der Waals surface area contributed by atoms with Gasteiger partial charge in [0.25, 0.3) is 12.3 Å². The van der Waals surface area contributed by atoms with E-state index in [1.165, 1.54) is 0 Å². The first-order valence-corrected chi connectivity index (χ1v) is 12.0. The van der Waals surface area contributed by atoms with E-state index < -0.39 is 12.0 Å². The molecule has 1 atom stereocenters. The molecule has 0 bridgehead atoms. The summed E-state index contributed by atoms with van der Waals surface area (Å²) in [6.45, 7) is 5.24. The lowest BCUT2D eigenvalue weighted by Crippen LogP contribution is -2.58. The smallest absolute Gasteiger partial charge is 0.253 e. The maximum Gasteiger partial charge on any atom is 0.253 e. The number of piperidine rings is 1. The Morgan fingerprint density at radius 3 is 2.65 bits per heavy atom. The van der Waals surface area contributed by atoms with E-state index in [4.69, 9.17) is 21.1 Å². The number of rotatable bonds is 6. The summed E-state index contributed by atoms with van der Waals surface area (Å²) in [5.74, 6) is 0.426. The van der Waals surface area contributed by atoms with Crippen molar-refractivity contribution in [3.8, 4) is 5.75 Å². The van der Waals surface area contributed by atoms with E-state index in [2.05, 4.69) is 4.98 Å². The number of nitrogens with zero attached hydrogens (tertiary/aromatic N) is 3. The number of amides is 1. The van der Waals surface area contributed by atoms with Crippen LogP contribution >= 0.6 is 11.6 Å². The van der Waals surface area contributed by atoms with Crippen molar-refractivity contribution >= 4 is 17.5 Å². The summed E-state index contributed by atoms with van der Waals surface area (Å²) in [6, 6.07) is 10.6. The summed E-state index contributed by atoms with van der Waals surface area (Å²) in [6.07, 6.45) is -0.0283. The Labute approximate surface area is 203 Å². The maximum atomic E-state index is 13.2. The lowest BCUT2D eigenvalue weighted by atomic mass is 9.88. The van der Waals surface area contributed by atoms with Gasteiger partial charge in [-0.3, -0.25) is 14.7 Å². The minimum Gasteiger partial charge on any atom is -0.489 e. The third-order valence-electron chi connectivity index (χ3n) is 6.25. The Bertz CT molecular complexity index is 985. The molecule has 34 heavy (non-hydrogen) atoms. The van der Waals surface area contributed by atoms with Crippen LogP contribution in [0.4, 0.5) is 8.78 Å². The zero-order chi connectivity index (χ0) is 24.3. The molecular weight excluding hydrogens is 464 g/mol. The Hall–Kier alpha value is -2.29. The molecule has 2 fully saturated rings. The van der Waals surface area contributed by atoms with Gasteiger partial charge in [0.2, 0.25) is 0 Å². The predicted molar refractivity (Wildman–Crippen MR) is 126 cm³/mol. The number of pyridine rings is 1. The Balaban J connectivity index is 1.45. The highest BCUT2D eigenvalue weighted by atomic mass is 35.5. The summed E-state index contributed by atoms with van der Waals surface area (Å²) in [4.78, 5) is 21.0. The largest absolute Gasteiger partial charge is 0.489 e. The fraction of sp³-hybridized carbons (Fsp3) is 0.520. The standard InChI is InChI=1S/C25H30ClF2N3O3/c1-17(2)33-21-7-6-18(13-19(21)26)24(32)31-11-8-25(9-12-31)16-30(15-23(27)28)14-22(34-25)20-5-3-4-10-29-20/h3-7,10,13,17,22-23H,8-9,11-12,14-16H2,1-2H3. The van der Waals surface area contributed by atoms with Gasteiger partial charge in [-0.1, -0.05) is 17.7 Å². The monoisotopic (exact) mass is 493 g/mol. The quantitative estimate of drug-likeness (QED) is 0.576. The van der Waals surface area contributed by atoms with Gasteiger partial charge in [0, 0.05) is 37.9 Å². The average Bonchev–Trinajstić information content (AvgIpc) is 2.80. The molecule has 1 unspecified atom stereocenters. The number of carbonyl (C=O) groups is 1. The van der Waals surface area contributed by atoms with Crippen LogP contribution in [0.5, 0.6) is 5.75 Å². The molecule has 2 aliphatic rings. The molecule has 9 heteroatoms. The summed E-state index contributed by atoms with van der Waals surface area (Å²) in [7, 11) is 0. The van der Waals surface area contributed by atoms with Crippen molar-refractivity contribution in [1.82, 2.24) is 14.8 Å². The number of likely N-dealkylation sites (tertiary alicyclic amines) is 1. The number of benzene rings is 1. The van der Waals surface area contributed by atoms with E-state index in [0.29, 0.717) is 55.4 Å². The number of morpholine rings is 1. The minimum absolute atomic E-state index is 0.0209. The molecule has 2 aromatic rings. The van der Waals surface area contributed by atoms with Crippen LogP contribution < -0.4 is 4.74 Å². The van der Waals surface area contributed by atoms with Crippen molar-refractivity contribution in [3.63, 3.8) is 0 Å². The van der Waals surface area contributed by atoms with Crippen LogP contribution in [-0.4, -0.2) is 71.5 Å². The number of ether oxygens (including phenoxy) is 2. The van der Waals surface area contributed by atoms with Gasteiger partial charge in [-0.05, 0) is 57.0 Å². The second-order valence-electron chi connectivity index (χ2n) is 9.23. The van der Waals surface area contributed by atoms with Crippen molar-refractivity contribution in [2.75, 3.05) is 32.7 Å². The molecule has 0 saturated carbocycles. The zero-order valence-corrected chi connectivity index (χ0v) is 20.2. The Morgan fingerprint density at radius 1 is 1.26 bits per heavy atom. The van der Waals surface area contributed by atoms with Gasteiger partial charge < -0.3 is 14.4 Å². The van der Waals surface area contributed by atoms with Crippen LogP contribution in [0.1, 0.15) is 48.8 Å². The van der Waals surface area contributed by atoms with E-state index in [-0.39, 0.29) is 24.7 Å². The van der Waals surface area contributed by atoms with Crippen LogP contribution in [0.15, 0.2) is 42.6 Å². The van der Waals surface area contributed by atoms with Crippen molar-refractivity contribution < 1.29 is 23.0 Å². The Kier molecular flexibility index (Phi) is 7.70. The Morgan fingerprint density at radius 2 is 2.03 bits per heavy atom. The molecule has 0 radical (unpaired) electrons. The number of halogens is 3. The number of alkyl halides is 2. The van der Waals surface area contributed by atoms with Gasteiger partial charge in [0.1, 0.15) is 11.9 Å². The topological polar surface area (TPSA) is 54.9 Å². The van der Waals surface area contributed by atoms with Crippen molar-refractivity contribution in [2.24, 2.45) is 0 Å². The number of hydrogen-bond donors (Lipinski definition) is 0. The van der Waals surface area contributed by atoms with Crippen LogP contribution in [0.25, 0.3) is 0 Å². The van der Waals surface area contributed by atoms with Gasteiger partial charge in [-0.2, -0.15) is 0 Å². The fourth-order valence-electron chi connectivity index (χ4n) is 4.70. The van der Waals surface area contributed by atoms with Gasteiger partial charge >= 0.3 is 0 Å². The normalized spacial score (nSPS) is 20.8. The van der Waals surface area contributed by atoms with Gasteiger partial charge in [-0.25, -0.2) is 8.78 Å². The first-order valence-electron chi connectivity index (χ1n) is 11.6. The number of aromatic nitrogens is 1. The predicted octanol–water partition coefficient (Wildman–Crippen LogP) is 4.84. The average molecular weight is 494 g/mol. The van der Waals surface area contributed by atoms with Gasteiger partial charge in [0.15, 0.2) is 0 Å². The molecule has 4 rings (SSSR count). The summed E-state index contributed by atoms with van der Waals surface area (Å²) in [5, 5.41) is 0.393. The summed E-state index contributed by atoms with van der Waals surface area (Å²) >= 11 is 6.32. The second-order valence-corrected chi connectivity index (χ2v) is 9.64. The van der Waals surface area contributed by atoms with E-state index in [9.17, 15) is 13.6 Å². The molecule has 0 aliphatic carbocycles. The third kappa shape index (κ3) is 5.85. The van der Waals surface area contributed by atoms with E-state index in [1.54, 1.807) is 34.2 Å². The van der Waals surface area contributed by atoms with E-state index >= 15 is 0 Å². The highest BCUT2D eigenvalue weighted by Crippen LogP contribution is 2.38. The second kappa shape index (κ2) is 10.5. The molecule has 0 N–H and O–H groups in total. The summed E-state index contributed by atoms with van der Waals surface area (Å²) < 4.78 is 38.6. The number of hydrogen-bond acceptors (Lipinski definition) is 5.